The number of nitrogens with zero attached hydrogens (tertiary/aromatic N) is 3. The van der Waals surface area contributed by atoms with E-state index >= 15 is 0 Å². The van der Waals surface area contributed by atoms with E-state index in [2.05, 4.69) is 36.3 Å². The third-order valence-corrected chi connectivity index (χ3v) is 6.36. The predicted molar refractivity (Wildman–Crippen MR) is 84.6 cm³/mol. The summed E-state index contributed by atoms with van der Waals surface area (Å²) >= 11 is 4.74. The molecular weight excluding hydrogens is 378 g/mol. The number of hydrogen-bond acceptors (Lipinski definition) is 6. The van der Waals surface area contributed by atoms with E-state index < -0.39 is 10.0 Å². The van der Waals surface area contributed by atoms with E-state index in [-0.39, 0.29) is 11.4 Å². The first kappa shape index (κ1) is 16.6. The van der Waals surface area contributed by atoms with Crippen LogP contribution in [0.1, 0.15) is 11.8 Å². The molecule has 21 heavy (non-hydrogen) atoms. The van der Waals surface area contributed by atoms with E-state index in [1.54, 1.807) is 23.1 Å². The Hall–Kier alpha value is -0.810. The highest BCUT2D eigenvalue weighted by Gasteiger charge is 2.20. The molecule has 0 radical (unpaired) electrons. The topological polar surface area (TPSA) is 88.9 Å². The molecule has 0 aliphatic carbocycles. The van der Waals surface area contributed by atoms with Gasteiger partial charge in [-0.1, -0.05) is 12.1 Å². The van der Waals surface area contributed by atoms with Crippen molar-refractivity contribution in [2.75, 3.05) is 13.1 Å². The maximum atomic E-state index is 12.3. The van der Waals surface area contributed by atoms with Gasteiger partial charge in [-0.15, -0.1) is 16.4 Å². The zero-order valence-electron chi connectivity index (χ0n) is 11.4. The zero-order valence-corrected chi connectivity index (χ0v) is 14.6. The molecule has 2 N–H and O–H groups in total. The van der Waals surface area contributed by atoms with Gasteiger partial charge in [-0.25, -0.2) is 13.1 Å². The quantitative estimate of drug-likeness (QED) is 0.702. The van der Waals surface area contributed by atoms with E-state index in [1.165, 1.54) is 11.3 Å². The highest BCUT2D eigenvalue weighted by molar-refractivity contribution is 9.11. The van der Waals surface area contributed by atoms with Crippen LogP contribution in [0.2, 0.25) is 0 Å². The fraction of sp³-hybridized carbons (Fsp3) is 0.455. The monoisotopic (exact) mass is 393 g/mol. The van der Waals surface area contributed by atoms with Crippen molar-refractivity contribution in [3.8, 4) is 0 Å². The smallest absolute Gasteiger partial charge is 0.242 e. The summed E-state index contributed by atoms with van der Waals surface area (Å²) in [5.41, 5.74) is 0. The number of sulfonamides is 1. The van der Waals surface area contributed by atoms with Crippen molar-refractivity contribution in [3.63, 3.8) is 0 Å². The molecule has 116 valence electrons. The molecule has 10 heteroatoms. The highest BCUT2D eigenvalue weighted by atomic mass is 79.9. The Morgan fingerprint density at radius 1 is 1.48 bits per heavy atom. The van der Waals surface area contributed by atoms with Crippen LogP contribution in [0.4, 0.5) is 0 Å². The third kappa shape index (κ3) is 4.58. The van der Waals surface area contributed by atoms with Crippen LogP contribution in [0.3, 0.4) is 0 Å². The van der Waals surface area contributed by atoms with Gasteiger partial charge in [0.05, 0.1) is 16.5 Å². The second kappa shape index (κ2) is 7.45. The van der Waals surface area contributed by atoms with Crippen LogP contribution in [0, 0.1) is 0 Å². The summed E-state index contributed by atoms with van der Waals surface area (Å²) in [6, 6.07) is 1.69. The van der Waals surface area contributed by atoms with Crippen LogP contribution in [-0.2, 0) is 23.1 Å². The maximum absolute atomic E-state index is 12.3. The van der Waals surface area contributed by atoms with Gasteiger partial charge in [0.1, 0.15) is 4.90 Å². The largest absolute Gasteiger partial charge is 0.312 e. The summed E-state index contributed by atoms with van der Waals surface area (Å²) in [6.45, 7) is 4.20. The van der Waals surface area contributed by atoms with E-state index in [4.69, 9.17) is 0 Å². The molecule has 0 bridgehead atoms. The van der Waals surface area contributed by atoms with Crippen LogP contribution in [0.15, 0.2) is 27.1 Å². The van der Waals surface area contributed by atoms with Gasteiger partial charge in [-0.05, 0) is 28.5 Å². The Kier molecular flexibility index (Phi) is 5.88. The second-order valence-corrected chi connectivity index (χ2v) is 8.38. The minimum absolute atomic E-state index is 0.260. The Bertz CT molecular complexity index is 669. The standard InChI is InChI=1S/C11H16BrN5O2S2/c1-2-13-8-9-7-10(11(12)20-9)21(18,19)15-4-6-17-5-3-14-16-17/h3,5,7,13,15H,2,4,6,8H2,1H3. The number of rotatable bonds is 8. The molecule has 2 aromatic heterocycles. The molecule has 0 unspecified atom stereocenters. The summed E-state index contributed by atoms with van der Waals surface area (Å²) in [5, 5.41) is 10.6. The van der Waals surface area contributed by atoms with Gasteiger partial charge < -0.3 is 5.32 Å². The SMILES string of the molecule is CCNCc1cc(S(=O)(=O)NCCn2ccnn2)c(Br)s1. The molecule has 0 spiro atoms. The molecular formula is C11H16BrN5O2S2. The molecule has 0 amide bonds. The van der Waals surface area contributed by atoms with Crippen molar-refractivity contribution in [1.29, 1.82) is 0 Å². The van der Waals surface area contributed by atoms with E-state index in [0.717, 1.165) is 11.4 Å². The Balaban J connectivity index is 1.99. The van der Waals surface area contributed by atoms with Crippen LogP contribution >= 0.6 is 27.3 Å². The van der Waals surface area contributed by atoms with Crippen molar-refractivity contribution >= 4 is 37.3 Å². The van der Waals surface area contributed by atoms with Gasteiger partial charge in [0, 0.05) is 24.2 Å². The normalized spacial score (nSPS) is 11.9. The average Bonchev–Trinajstić information content (AvgIpc) is 3.06. The highest BCUT2D eigenvalue weighted by Crippen LogP contribution is 2.31. The first-order chi connectivity index (χ1) is 10.0. The molecule has 0 aliphatic heterocycles. The third-order valence-electron chi connectivity index (χ3n) is 2.65. The lowest BCUT2D eigenvalue weighted by molar-refractivity contribution is 0.553. The molecule has 0 atom stereocenters. The van der Waals surface area contributed by atoms with Gasteiger partial charge in [0.25, 0.3) is 0 Å². The minimum atomic E-state index is -3.52. The first-order valence-corrected chi connectivity index (χ1v) is 9.45. The van der Waals surface area contributed by atoms with Crippen LogP contribution in [-0.4, -0.2) is 36.5 Å². The molecule has 0 saturated carbocycles. The van der Waals surface area contributed by atoms with Gasteiger partial charge in [0.2, 0.25) is 10.0 Å². The number of thiophene rings is 1. The summed E-state index contributed by atoms with van der Waals surface area (Å²) in [4.78, 5) is 1.25. The van der Waals surface area contributed by atoms with Crippen molar-refractivity contribution in [1.82, 2.24) is 25.0 Å². The van der Waals surface area contributed by atoms with E-state index in [9.17, 15) is 8.42 Å². The summed E-state index contributed by atoms with van der Waals surface area (Å²) in [5.74, 6) is 0. The fourth-order valence-electron chi connectivity index (χ4n) is 1.64. The van der Waals surface area contributed by atoms with Crippen molar-refractivity contribution in [2.24, 2.45) is 0 Å². The molecule has 2 rings (SSSR count). The summed E-state index contributed by atoms with van der Waals surface area (Å²) in [6.07, 6.45) is 3.24. The Labute approximate surface area is 135 Å². The predicted octanol–water partition coefficient (Wildman–Crippen LogP) is 1.19. The molecule has 0 aromatic carbocycles. The molecule has 2 aromatic rings. The lowest BCUT2D eigenvalue weighted by Gasteiger charge is -2.05. The van der Waals surface area contributed by atoms with Gasteiger partial charge in [-0.3, -0.25) is 4.68 Å². The van der Waals surface area contributed by atoms with E-state index in [1.807, 2.05) is 6.92 Å². The number of nitrogens with one attached hydrogen (secondary N) is 2. The van der Waals surface area contributed by atoms with Crippen molar-refractivity contribution in [2.45, 2.75) is 24.9 Å². The van der Waals surface area contributed by atoms with Gasteiger partial charge in [-0.2, -0.15) is 0 Å². The second-order valence-electron chi connectivity index (χ2n) is 4.19. The average molecular weight is 394 g/mol. The van der Waals surface area contributed by atoms with Crippen LogP contribution in [0.5, 0.6) is 0 Å². The molecule has 0 fully saturated rings. The maximum Gasteiger partial charge on any atom is 0.242 e. The number of aromatic nitrogens is 3. The fourth-order valence-corrected chi connectivity index (χ4v) is 5.31. The van der Waals surface area contributed by atoms with E-state index in [0.29, 0.717) is 16.9 Å². The van der Waals surface area contributed by atoms with Crippen LogP contribution in [0.25, 0.3) is 0 Å². The number of hydrogen-bond donors (Lipinski definition) is 2. The first-order valence-electron chi connectivity index (χ1n) is 6.35. The summed E-state index contributed by atoms with van der Waals surface area (Å²) in [7, 11) is -3.52. The summed E-state index contributed by atoms with van der Waals surface area (Å²) < 4.78 is 29.3. The zero-order chi connectivity index (χ0) is 15.3. The number of halogens is 1. The lowest BCUT2D eigenvalue weighted by Crippen LogP contribution is -2.27. The molecule has 0 aliphatic rings. The van der Waals surface area contributed by atoms with Crippen LogP contribution < -0.4 is 10.0 Å². The van der Waals surface area contributed by atoms with Crippen molar-refractivity contribution in [3.05, 3.63) is 27.1 Å². The van der Waals surface area contributed by atoms with Gasteiger partial charge in [0.15, 0.2) is 0 Å². The molecule has 0 saturated heterocycles. The Morgan fingerprint density at radius 3 is 2.95 bits per heavy atom. The van der Waals surface area contributed by atoms with Crippen molar-refractivity contribution < 1.29 is 8.42 Å². The molecule has 7 nitrogen and oxygen atoms in total. The minimum Gasteiger partial charge on any atom is -0.312 e. The van der Waals surface area contributed by atoms with Gasteiger partial charge >= 0.3 is 0 Å². The Morgan fingerprint density at radius 2 is 2.29 bits per heavy atom. The lowest BCUT2D eigenvalue weighted by atomic mass is 10.4. The molecule has 2 heterocycles.